The van der Waals surface area contributed by atoms with Gasteiger partial charge in [0, 0.05) is 18.8 Å². The van der Waals surface area contributed by atoms with Crippen molar-refractivity contribution in [1.82, 2.24) is 9.78 Å². The monoisotopic (exact) mass is 243 g/mol. The predicted molar refractivity (Wildman–Crippen MR) is 75.9 cm³/mol. The third-order valence-electron chi connectivity index (χ3n) is 3.37. The van der Waals surface area contributed by atoms with Gasteiger partial charge in [0.2, 0.25) is 0 Å². The topological polar surface area (TPSA) is 29.9 Å². The van der Waals surface area contributed by atoms with Crippen molar-refractivity contribution in [2.24, 2.45) is 7.05 Å². The van der Waals surface area contributed by atoms with Crippen LogP contribution in [0.1, 0.15) is 35.3 Å². The highest BCUT2D eigenvalue weighted by atomic mass is 15.3. The van der Waals surface area contributed by atoms with Crippen LogP contribution in [-0.2, 0) is 7.05 Å². The second kappa shape index (κ2) is 4.84. The Balaban J connectivity index is 2.19. The van der Waals surface area contributed by atoms with Gasteiger partial charge in [0.15, 0.2) is 0 Å². The first-order valence-corrected chi connectivity index (χ1v) is 6.31. The van der Waals surface area contributed by atoms with Gasteiger partial charge in [-0.3, -0.25) is 4.68 Å². The first kappa shape index (κ1) is 12.7. The zero-order chi connectivity index (χ0) is 13.3. The quantitative estimate of drug-likeness (QED) is 0.894. The molecule has 0 aliphatic rings. The van der Waals surface area contributed by atoms with Gasteiger partial charge in [0.05, 0.1) is 6.04 Å². The molecule has 1 atom stereocenters. The molecule has 0 bridgehead atoms. The molecule has 1 aromatic heterocycles. The summed E-state index contributed by atoms with van der Waals surface area (Å²) >= 11 is 0. The molecule has 1 aromatic carbocycles. The molecule has 0 fully saturated rings. The zero-order valence-corrected chi connectivity index (χ0v) is 11.8. The summed E-state index contributed by atoms with van der Waals surface area (Å²) in [7, 11) is 1.96. The molecule has 1 heterocycles. The third kappa shape index (κ3) is 2.55. The van der Waals surface area contributed by atoms with Gasteiger partial charge in [0.25, 0.3) is 0 Å². The molecule has 2 rings (SSSR count). The van der Waals surface area contributed by atoms with Crippen LogP contribution in [0.4, 0.5) is 5.82 Å². The van der Waals surface area contributed by atoms with E-state index in [0.717, 1.165) is 11.5 Å². The van der Waals surface area contributed by atoms with Crippen LogP contribution < -0.4 is 5.32 Å². The highest BCUT2D eigenvalue weighted by Gasteiger charge is 2.10. The SMILES string of the molecule is Cc1ccc(C(C)Nc2cc(C)n(C)n2)c(C)c1. The van der Waals surface area contributed by atoms with E-state index in [9.17, 15) is 0 Å². The van der Waals surface area contributed by atoms with Crippen molar-refractivity contribution in [3.8, 4) is 0 Å². The molecule has 0 aliphatic carbocycles. The Kier molecular flexibility index (Phi) is 3.41. The van der Waals surface area contributed by atoms with E-state index in [1.807, 2.05) is 11.7 Å². The molecular formula is C15H21N3. The Morgan fingerprint density at radius 1 is 1.17 bits per heavy atom. The average molecular weight is 243 g/mol. The largest absolute Gasteiger partial charge is 0.362 e. The number of hydrogen-bond acceptors (Lipinski definition) is 2. The number of hydrogen-bond donors (Lipinski definition) is 1. The number of rotatable bonds is 3. The van der Waals surface area contributed by atoms with Crippen LogP contribution in [0.2, 0.25) is 0 Å². The van der Waals surface area contributed by atoms with Crippen LogP contribution in [-0.4, -0.2) is 9.78 Å². The lowest BCUT2D eigenvalue weighted by Gasteiger charge is -2.16. The first-order chi connectivity index (χ1) is 8.47. The molecule has 3 nitrogen and oxygen atoms in total. The molecule has 0 amide bonds. The Hall–Kier alpha value is -1.77. The Morgan fingerprint density at radius 3 is 2.44 bits per heavy atom. The highest BCUT2D eigenvalue weighted by Crippen LogP contribution is 2.22. The lowest BCUT2D eigenvalue weighted by Crippen LogP contribution is -2.09. The molecule has 1 unspecified atom stereocenters. The van der Waals surface area contributed by atoms with Crippen LogP contribution in [0.25, 0.3) is 0 Å². The number of aromatic nitrogens is 2. The summed E-state index contributed by atoms with van der Waals surface area (Å²) in [4.78, 5) is 0. The Bertz CT molecular complexity index is 535. The molecular weight excluding hydrogens is 222 g/mol. The average Bonchev–Trinajstić information content (AvgIpc) is 2.57. The molecule has 0 spiro atoms. The first-order valence-electron chi connectivity index (χ1n) is 6.31. The molecule has 96 valence electrons. The standard InChI is InChI=1S/C15H21N3/c1-10-6-7-14(11(2)8-10)13(4)16-15-9-12(3)18(5)17-15/h6-9,13H,1-5H3,(H,16,17). The smallest absolute Gasteiger partial charge is 0.148 e. The van der Waals surface area contributed by atoms with Crippen molar-refractivity contribution in [1.29, 1.82) is 0 Å². The third-order valence-corrected chi connectivity index (χ3v) is 3.37. The Labute approximate surface area is 109 Å². The molecule has 2 aromatic rings. The lowest BCUT2D eigenvalue weighted by atomic mass is 10.0. The molecule has 0 aliphatic heterocycles. The summed E-state index contributed by atoms with van der Waals surface area (Å²) in [6, 6.07) is 8.90. The maximum absolute atomic E-state index is 4.43. The van der Waals surface area contributed by atoms with Gasteiger partial charge in [-0.2, -0.15) is 5.10 Å². The summed E-state index contributed by atoms with van der Waals surface area (Å²) in [5.74, 6) is 0.933. The van der Waals surface area contributed by atoms with Gasteiger partial charge in [-0.1, -0.05) is 23.8 Å². The summed E-state index contributed by atoms with van der Waals surface area (Å²) in [6.45, 7) is 8.50. The van der Waals surface area contributed by atoms with Crippen LogP contribution in [0.15, 0.2) is 24.3 Å². The van der Waals surface area contributed by atoms with Crippen LogP contribution >= 0.6 is 0 Å². The molecule has 0 saturated heterocycles. The van der Waals surface area contributed by atoms with E-state index in [0.29, 0.717) is 0 Å². The maximum Gasteiger partial charge on any atom is 0.148 e. The molecule has 0 radical (unpaired) electrons. The van der Waals surface area contributed by atoms with Gasteiger partial charge < -0.3 is 5.32 Å². The van der Waals surface area contributed by atoms with Gasteiger partial charge in [-0.15, -0.1) is 0 Å². The highest BCUT2D eigenvalue weighted by molar-refractivity contribution is 5.41. The molecule has 1 N–H and O–H groups in total. The van der Waals surface area contributed by atoms with E-state index in [4.69, 9.17) is 0 Å². The maximum atomic E-state index is 4.43. The van der Waals surface area contributed by atoms with Gasteiger partial charge in [-0.05, 0) is 38.8 Å². The normalized spacial score (nSPS) is 12.5. The predicted octanol–water partition coefficient (Wildman–Crippen LogP) is 3.52. The summed E-state index contributed by atoms with van der Waals surface area (Å²) in [5.41, 5.74) is 5.11. The van der Waals surface area contributed by atoms with E-state index in [2.05, 4.69) is 62.4 Å². The van der Waals surface area contributed by atoms with Crippen LogP contribution in [0.5, 0.6) is 0 Å². The molecule has 3 heteroatoms. The van der Waals surface area contributed by atoms with E-state index in [1.54, 1.807) is 0 Å². The number of benzene rings is 1. The van der Waals surface area contributed by atoms with Crippen molar-refractivity contribution in [2.45, 2.75) is 33.7 Å². The number of aryl methyl sites for hydroxylation is 4. The molecule has 0 saturated carbocycles. The Morgan fingerprint density at radius 2 is 1.89 bits per heavy atom. The van der Waals surface area contributed by atoms with Crippen LogP contribution in [0, 0.1) is 20.8 Å². The summed E-state index contributed by atoms with van der Waals surface area (Å²) < 4.78 is 1.89. The summed E-state index contributed by atoms with van der Waals surface area (Å²) in [5, 5.41) is 7.88. The lowest BCUT2D eigenvalue weighted by molar-refractivity contribution is 0.735. The number of nitrogens with zero attached hydrogens (tertiary/aromatic N) is 2. The van der Waals surface area contributed by atoms with Gasteiger partial charge in [0.1, 0.15) is 5.82 Å². The fraction of sp³-hybridized carbons (Fsp3) is 0.400. The van der Waals surface area contributed by atoms with E-state index < -0.39 is 0 Å². The van der Waals surface area contributed by atoms with Crippen molar-refractivity contribution < 1.29 is 0 Å². The number of nitrogens with one attached hydrogen (secondary N) is 1. The van der Waals surface area contributed by atoms with E-state index >= 15 is 0 Å². The zero-order valence-electron chi connectivity index (χ0n) is 11.8. The van der Waals surface area contributed by atoms with Crippen molar-refractivity contribution in [3.05, 3.63) is 46.6 Å². The van der Waals surface area contributed by atoms with E-state index in [1.165, 1.54) is 16.7 Å². The van der Waals surface area contributed by atoms with Crippen molar-refractivity contribution in [2.75, 3.05) is 5.32 Å². The fourth-order valence-electron chi connectivity index (χ4n) is 2.24. The summed E-state index contributed by atoms with van der Waals surface area (Å²) in [6.07, 6.45) is 0. The minimum atomic E-state index is 0.264. The minimum Gasteiger partial charge on any atom is -0.362 e. The van der Waals surface area contributed by atoms with Crippen molar-refractivity contribution >= 4 is 5.82 Å². The minimum absolute atomic E-state index is 0.264. The molecule has 18 heavy (non-hydrogen) atoms. The van der Waals surface area contributed by atoms with E-state index in [-0.39, 0.29) is 6.04 Å². The van der Waals surface area contributed by atoms with Crippen LogP contribution in [0.3, 0.4) is 0 Å². The van der Waals surface area contributed by atoms with Crippen molar-refractivity contribution in [3.63, 3.8) is 0 Å². The second-order valence-electron chi connectivity index (χ2n) is 5.02. The fourth-order valence-corrected chi connectivity index (χ4v) is 2.24. The van der Waals surface area contributed by atoms with Gasteiger partial charge in [-0.25, -0.2) is 0 Å². The number of anilines is 1. The van der Waals surface area contributed by atoms with Gasteiger partial charge >= 0.3 is 0 Å². The second-order valence-corrected chi connectivity index (χ2v) is 5.02.